The summed E-state index contributed by atoms with van der Waals surface area (Å²) in [5.74, 6) is 0.313. The van der Waals surface area contributed by atoms with Gasteiger partial charge in [-0.1, -0.05) is 55.8 Å². The molecule has 0 saturated heterocycles. The van der Waals surface area contributed by atoms with Crippen LogP contribution in [0.25, 0.3) is 0 Å². The number of aromatic hydroxyl groups is 1. The van der Waals surface area contributed by atoms with Crippen LogP contribution in [-0.4, -0.2) is 5.11 Å². The van der Waals surface area contributed by atoms with Crippen LogP contribution in [0.5, 0.6) is 5.75 Å². The number of hydrogen-bond acceptors (Lipinski definition) is 1. The second-order valence-corrected chi connectivity index (χ2v) is 5.04. The molecule has 0 fully saturated rings. The van der Waals surface area contributed by atoms with Gasteiger partial charge in [0.25, 0.3) is 0 Å². The first kappa shape index (κ1) is 11.7. The minimum Gasteiger partial charge on any atom is -0.508 e. The molecule has 2 aromatic carbocycles. The molecule has 1 heteroatoms. The third-order valence-electron chi connectivity index (χ3n) is 3.36. The Morgan fingerprint density at radius 2 is 1.18 bits per heavy atom. The predicted octanol–water partition coefficient (Wildman–Crippen LogP) is 4.03. The molecule has 0 bridgehead atoms. The maximum atomic E-state index is 9.33. The maximum Gasteiger partial charge on any atom is 0.115 e. The van der Waals surface area contributed by atoms with Crippen LogP contribution in [0.1, 0.15) is 30.5 Å². The Kier molecular flexibility index (Phi) is 2.93. The fourth-order valence-corrected chi connectivity index (χ4v) is 2.01. The highest BCUT2D eigenvalue weighted by Gasteiger charge is 2.22. The van der Waals surface area contributed by atoms with Crippen LogP contribution in [0.2, 0.25) is 0 Å². The van der Waals surface area contributed by atoms with E-state index in [0.29, 0.717) is 5.75 Å². The lowest BCUT2D eigenvalue weighted by Crippen LogP contribution is -2.18. The molecule has 0 radical (unpaired) electrons. The Balaban J connectivity index is 2.41. The van der Waals surface area contributed by atoms with Gasteiger partial charge in [0.1, 0.15) is 5.75 Å². The average molecular weight is 226 g/mol. The molecule has 0 aliphatic carbocycles. The normalized spacial score (nSPS) is 11.5. The number of phenols is 1. The molecule has 17 heavy (non-hydrogen) atoms. The second kappa shape index (κ2) is 4.25. The van der Waals surface area contributed by atoms with Gasteiger partial charge in [-0.05, 0) is 30.2 Å². The molecule has 1 N–H and O–H groups in total. The number of rotatable bonds is 2. The van der Waals surface area contributed by atoms with Gasteiger partial charge in [-0.3, -0.25) is 0 Å². The van der Waals surface area contributed by atoms with Crippen molar-refractivity contribution in [2.75, 3.05) is 0 Å². The zero-order valence-electron chi connectivity index (χ0n) is 10.6. The van der Waals surface area contributed by atoms with E-state index in [1.165, 1.54) is 16.7 Å². The van der Waals surface area contributed by atoms with Gasteiger partial charge in [0.2, 0.25) is 0 Å². The zero-order valence-corrected chi connectivity index (χ0v) is 10.6. The van der Waals surface area contributed by atoms with Crippen LogP contribution in [0, 0.1) is 6.92 Å². The molecule has 0 unspecified atom stereocenters. The van der Waals surface area contributed by atoms with Gasteiger partial charge >= 0.3 is 0 Å². The summed E-state index contributed by atoms with van der Waals surface area (Å²) in [4.78, 5) is 0. The van der Waals surface area contributed by atoms with Gasteiger partial charge in [0, 0.05) is 5.41 Å². The first-order chi connectivity index (χ1) is 8.00. The fourth-order valence-electron chi connectivity index (χ4n) is 2.01. The molecule has 0 spiro atoms. The van der Waals surface area contributed by atoms with Crippen molar-refractivity contribution in [3.05, 3.63) is 65.2 Å². The summed E-state index contributed by atoms with van der Waals surface area (Å²) in [5.41, 5.74) is 3.73. The molecule has 0 aliphatic heterocycles. The first-order valence-electron chi connectivity index (χ1n) is 5.87. The van der Waals surface area contributed by atoms with Crippen molar-refractivity contribution >= 4 is 0 Å². The van der Waals surface area contributed by atoms with E-state index in [4.69, 9.17) is 0 Å². The molecule has 0 aliphatic rings. The van der Waals surface area contributed by atoms with E-state index in [1.54, 1.807) is 12.1 Å². The molecule has 88 valence electrons. The number of benzene rings is 2. The molecule has 1 nitrogen and oxygen atoms in total. The number of aryl methyl sites for hydroxylation is 1. The molecule has 0 atom stereocenters. The highest BCUT2D eigenvalue weighted by Crippen LogP contribution is 2.32. The van der Waals surface area contributed by atoms with E-state index in [2.05, 4.69) is 45.0 Å². The van der Waals surface area contributed by atoms with Crippen LogP contribution in [0.3, 0.4) is 0 Å². The Morgan fingerprint density at radius 3 is 1.65 bits per heavy atom. The topological polar surface area (TPSA) is 20.2 Å². The lowest BCUT2D eigenvalue weighted by molar-refractivity contribution is 0.474. The Bertz CT molecular complexity index is 445. The lowest BCUT2D eigenvalue weighted by atomic mass is 9.78. The molecule has 0 saturated carbocycles. The minimum absolute atomic E-state index is 0.0403. The molecule has 0 heterocycles. The smallest absolute Gasteiger partial charge is 0.115 e. The zero-order chi connectivity index (χ0) is 12.5. The average Bonchev–Trinajstić information content (AvgIpc) is 2.30. The number of hydrogen-bond donors (Lipinski definition) is 1. The molecular formula is C16H18O. The Labute approximate surface area is 103 Å². The van der Waals surface area contributed by atoms with Gasteiger partial charge in [-0.25, -0.2) is 0 Å². The molecule has 0 amide bonds. The van der Waals surface area contributed by atoms with E-state index < -0.39 is 0 Å². The van der Waals surface area contributed by atoms with Crippen molar-refractivity contribution in [2.45, 2.75) is 26.2 Å². The Morgan fingerprint density at radius 1 is 0.765 bits per heavy atom. The van der Waals surface area contributed by atoms with Gasteiger partial charge < -0.3 is 5.11 Å². The minimum atomic E-state index is -0.0403. The van der Waals surface area contributed by atoms with Crippen molar-refractivity contribution in [3.8, 4) is 5.75 Å². The Hall–Kier alpha value is -1.76. The van der Waals surface area contributed by atoms with Gasteiger partial charge in [0.05, 0.1) is 0 Å². The summed E-state index contributed by atoms with van der Waals surface area (Å²) in [6.07, 6.45) is 0. The summed E-state index contributed by atoms with van der Waals surface area (Å²) >= 11 is 0. The van der Waals surface area contributed by atoms with Crippen LogP contribution < -0.4 is 0 Å². The van der Waals surface area contributed by atoms with E-state index in [1.807, 2.05) is 12.1 Å². The highest BCUT2D eigenvalue weighted by atomic mass is 16.3. The van der Waals surface area contributed by atoms with Gasteiger partial charge in [-0.2, -0.15) is 0 Å². The van der Waals surface area contributed by atoms with E-state index in [-0.39, 0.29) is 5.41 Å². The largest absolute Gasteiger partial charge is 0.508 e. The standard InChI is InChI=1S/C16H18O/c1-12-4-6-13(7-5-12)16(2,3)14-8-10-15(17)11-9-14/h4-11,17H,1-3H3. The molecular weight excluding hydrogens is 208 g/mol. The first-order valence-corrected chi connectivity index (χ1v) is 5.87. The van der Waals surface area contributed by atoms with Crippen LogP contribution >= 0.6 is 0 Å². The molecule has 2 aromatic rings. The quantitative estimate of drug-likeness (QED) is 0.819. The van der Waals surface area contributed by atoms with E-state index in [9.17, 15) is 5.11 Å². The summed E-state index contributed by atoms with van der Waals surface area (Å²) in [6, 6.07) is 16.1. The third-order valence-corrected chi connectivity index (χ3v) is 3.36. The monoisotopic (exact) mass is 226 g/mol. The van der Waals surface area contributed by atoms with E-state index in [0.717, 1.165) is 0 Å². The molecule has 2 rings (SSSR count). The van der Waals surface area contributed by atoms with Crippen LogP contribution in [0.4, 0.5) is 0 Å². The van der Waals surface area contributed by atoms with Gasteiger partial charge in [-0.15, -0.1) is 0 Å². The maximum absolute atomic E-state index is 9.33. The third kappa shape index (κ3) is 2.33. The van der Waals surface area contributed by atoms with E-state index >= 15 is 0 Å². The summed E-state index contributed by atoms with van der Waals surface area (Å²) in [5, 5.41) is 9.33. The lowest BCUT2D eigenvalue weighted by Gasteiger charge is -2.26. The van der Waals surface area contributed by atoms with Crippen LogP contribution in [-0.2, 0) is 5.41 Å². The van der Waals surface area contributed by atoms with Crippen molar-refractivity contribution < 1.29 is 5.11 Å². The summed E-state index contributed by atoms with van der Waals surface area (Å²) in [7, 11) is 0. The van der Waals surface area contributed by atoms with Crippen molar-refractivity contribution in [1.29, 1.82) is 0 Å². The highest BCUT2D eigenvalue weighted by molar-refractivity contribution is 5.40. The van der Waals surface area contributed by atoms with Crippen LogP contribution in [0.15, 0.2) is 48.5 Å². The number of phenolic OH excluding ortho intramolecular Hbond substituents is 1. The second-order valence-electron chi connectivity index (χ2n) is 5.04. The fraction of sp³-hybridized carbons (Fsp3) is 0.250. The van der Waals surface area contributed by atoms with Crippen molar-refractivity contribution in [2.24, 2.45) is 0 Å². The SMILES string of the molecule is Cc1ccc(C(C)(C)c2ccc(O)cc2)cc1. The summed E-state index contributed by atoms with van der Waals surface area (Å²) < 4.78 is 0. The predicted molar refractivity (Wildman–Crippen MR) is 71.4 cm³/mol. The molecule has 0 aromatic heterocycles. The van der Waals surface area contributed by atoms with Gasteiger partial charge in [0.15, 0.2) is 0 Å². The summed E-state index contributed by atoms with van der Waals surface area (Å²) in [6.45, 7) is 6.49. The van der Waals surface area contributed by atoms with Crippen molar-refractivity contribution in [3.63, 3.8) is 0 Å². The van der Waals surface area contributed by atoms with Crippen molar-refractivity contribution in [1.82, 2.24) is 0 Å².